The quantitative estimate of drug-likeness (QED) is 0.323. The van der Waals surface area contributed by atoms with Crippen LogP contribution in [0, 0.1) is 0 Å². The fourth-order valence-corrected chi connectivity index (χ4v) is 4.60. The Bertz CT molecular complexity index is 1160. The molecular weight excluding hydrogens is 532 g/mol. The predicted octanol–water partition coefficient (Wildman–Crippen LogP) is 5.23. The van der Waals surface area contributed by atoms with Gasteiger partial charge in [0.1, 0.15) is 5.01 Å². The van der Waals surface area contributed by atoms with E-state index in [1.54, 1.807) is 11.8 Å². The van der Waals surface area contributed by atoms with E-state index in [2.05, 4.69) is 31.4 Å². The van der Waals surface area contributed by atoms with Crippen LogP contribution < -0.4 is 5.32 Å². The number of nitrogens with one attached hydrogen (secondary N) is 1. The Morgan fingerprint density at radius 1 is 1.06 bits per heavy atom. The maximum absolute atomic E-state index is 13.0. The highest BCUT2D eigenvalue weighted by atomic mass is 79.9. The van der Waals surface area contributed by atoms with Gasteiger partial charge in [-0.1, -0.05) is 69.7 Å². The van der Waals surface area contributed by atoms with Gasteiger partial charge < -0.3 is 15.0 Å². The molecule has 1 unspecified atom stereocenters. The zero-order valence-electron chi connectivity index (χ0n) is 19.6. The summed E-state index contributed by atoms with van der Waals surface area (Å²) in [5.41, 5.74) is 1.84. The molecule has 0 spiro atoms. The monoisotopic (exact) mass is 558 g/mol. The minimum absolute atomic E-state index is 0.0000410. The van der Waals surface area contributed by atoms with E-state index in [9.17, 15) is 14.4 Å². The smallest absolute Gasteiger partial charge is 0.306 e. The fourth-order valence-electron chi connectivity index (χ4n) is 3.45. The fraction of sp³-hybridized carbons (Fsp3) is 0.320. The molecule has 8 nitrogen and oxygen atoms in total. The van der Waals surface area contributed by atoms with Gasteiger partial charge in [0.15, 0.2) is 0 Å². The van der Waals surface area contributed by atoms with Crippen LogP contribution in [0.3, 0.4) is 0 Å². The molecule has 35 heavy (non-hydrogen) atoms. The molecule has 3 aromatic rings. The van der Waals surface area contributed by atoms with Gasteiger partial charge in [0.05, 0.1) is 19.1 Å². The molecule has 1 aromatic heterocycles. The number of carbonyl (C=O) groups excluding carboxylic acids is 3. The van der Waals surface area contributed by atoms with Crippen molar-refractivity contribution in [3.05, 3.63) is 64.6 Å². The standard InChI is InChI=1S/C25H27BrN4O4S/c1-3-34-23(33)13-12-22(32)30(17(2)18-8-5-4-6-9-18)15-14-21(31)27-25-29-28-24(35-25)19-10-7-11-20(26)16-19/h4-11,16-17H,3,12-15H2,1-2H3,(H,27,29,31). The normalized spacial score (nSPS) is 11.5. The first-order valence-corrected chi connectivity index (χ1v) is 12.9. The van der Waals surface area contributed by atoms with Gasteiger partial charge in [-0.25, -0.2) is 0 Å². The Hall–Kier alpha value is -3.11. The Balaban J connectivity index is 1.63. The van der Waals surface area contributed by atoms with Gasteiger partial charge >= 0.3 is 5.97 Å². The Morgan fingerprint density at radius 2 is 1.83 bits per heavy atom. The molecule has 184 valence electrons. The summed E-state index contributed by atoms with van der Waals surface area (Å²) >= 11 is 4.71. The lowest BCUT2D eigenvalue weighted by molar-refractivity contribution is -0.146. The average Bonchev–Trinajstić information content (AvgIpc) is 3.32. The van der Waals surface area contributed by atoms with Crippen LogP contribution in [-0.2, 0) is 19.1 Å². The van der Waals surface area contributed by atoms with Crippen molar-refractivity contribution in [2.24, 2.45) is 0 Å². The summed E-state index contributed by atoms with van der Waals surface area (Å²) in [4.78, 5) is 39.0. The van der Waals surface area contributed by atoms with Crippen molar-refractivity contribution < 1.29 is 19.1 Å². The van der Waals surface area contributed by atoms with Crippen LogP contribution in [0.1, 0.15) is 44.7 Å². The maximum Gasteiger partial charge on any atom is 0.306 e. The number of carbonyl (C=O) groups is 3. The molecule has 1 N–H and O–H groups in total. The number of rotatable bonds is 11. The van der Waals surface area contributed by atoms with Gasteiger partial charge in [-0.05, 0) is 31.5 Å². The van der Waals surface area contributed by atoms with Crippen LogP contribution in [0.2, 0.25) is 0 Å². The molecule has 1 heterocycles. The highest BCUT2D eigenvalue weighted by Crippen LogP contribution is 2.28. The van der Waals surface area contributed by atoms with Gasteiger partial charge in [0.2, 0.25) is 16.9 Å². The first-order chi connectivity index (χ1) is 16.9. The molecule has 0 aliphatic rings. The highest BCUT2D eigenvalue weighted by molar-refractivity contribution is 9.10. The SMILES string of the molecule is CCOC(=O)CCC(=O)N(CCC(=O)Nc1nnc(-c2cccc(Br)c2)s1)C(C)c1ccccc1. The lowest BCUT2D eigenvalue weighted by Crippen LogP contribution is -2.36. The molecule has 10 heteroatoms. The second-order valence-corrected chi connectivity index (χ2v) is 9.59. The van der Waals surface area contributed by atoms with E-state index in [4.69, 9.17) is 4.74 Å². The summed E-state index contributed by atoms with van der Waals surface area (Å²) in [5.74, 6) is -0.899. The third-order valence-electron chi connectivity index (χ3n) is 5.24. The minimum Gasteiger partial charge on any atom is -0.466 e. The number of amides is 2. The number of hydrogen-bond acceptors (Lipinski definition) is 7. The molecule has 0 aliphatic carbocycles. The lowest BCUT2D eigenvalue weighted by Gasteiger charge is -2.29. The number of nitrogens with zero attached hydrogens (tertiary/aromatic N) is 3. The lowest BCUT2D eigenvalue weighted by atomic mass is 10.1. The van der Waals surface area contributed by atoms with E-state index in [0.717, 1.165) is 15.6 Å². The Kier molecular flexibility index (Phi) is 9.92. The van der Waals surface area contributed by atoms with Gasteiger partial charge in [0.25, 0.3) is 0 Å². The van der Waals surface area contributed by atoms with Crippen LogP contribution >= 0.6 is 27.3 Å². The molecule has 0 bridgehead atoms. The summed E-state index contributed by atoms with van der Waals surface area (Å²) in [6.45, 7) is 4.10. The van der Waals surface area contributed by atoms with Crippen LogP contribution in [-0.4, -0.2) is 46.0 Å². The van der Waals surface area contributed by atoms with Crippen molar-refractivity contribution in [2.75, 3.05) is 18.5 Å². The van der Waals surface area contributed by atoms with Crippen molar-refractivity contribution in [1.82, 2.24) is 15.1 Å². The Labute approximate surface area is 216 Å². The number of anilines is 1. The molecule has 0 radical (unpaired) electrons. The van der Waals surface area contributed by atoms with Gasteiger partial charge in [-0.2, -0.15) is 0 Å². The predicted molar refractivity (Wildman–Crippen MR) is 139 cm³/mol. The molecular formula is C25H27BrN4O4S. The van der Waals surface area contributed by atoms with E-state index in [-0.39, 0.29) is 50.3 Å². The number of aromatic nitrogens is 2. The number of ether oxygens (including phenoxy) is 1. The number of esters is 1. The van der Waals surface area contributed by atoms with Crippen LogP contribution in [0.25, 0.3) is 10.6 Å². The first kappa shape index (κ1) is 26.5. The molecule has 0 fully saturated rings. The zero-order valence-corrected chi connectivity index (χ0v) is 22.0. The molecule has 2 amide bonds. The van der Waals surface area contributed by atoms with E-state index in [0.29, 0.717) is 10.1 Å². The minimum atomic E-state index is -0.413. The van der Waals surface area contributed by atoms with Crippen molar-refractivity contribution in [3.8, 4) is 10.6 Å². The highest BCUT2D eigenvalue weighted by Gasteiger charge is 2.23. The van der Waals surface area contributed by atoms with Crippen molar-refractivity contribution in [1.29, 1.82) is 0 Å². The summed E-state index contributed by atoms with van der Waals surface area (Å²) in [7, 11) is 0. The number of benzene rings is 2. The van der Waals surface area contributed by atoms with Gasteiger partial charge in [-0.15, -0.1) is 10.2 Å². The van der Waals surface area contributed by atoms with Crippen LogP contribution in [0.15, 0.2) is 59.1 Å². The molecule has 3 rings (SSSR count). The second kappa shape index (κ2) is 13.1. The molecule has 0 saturated heterocycles. The van der Waals surface area contributed by atoms with E-state index >= 15 is 0 Å². The first-order valence-electron chi connectivity index (χ1n) is 11.3. The third-order valence-corrected chi connectivity index (χ3v) is 6.62. The van der Waals surface area contributed by atoms with E-state index in [1.807, 2.05) is 61.5 Å². The van der Waals surface area contributed by atoms with E-state index < -0.39 is 5.97 Å². The molecule has 0 saturated carbocycles. The van der Waals surface area contributed by atoms with Crippen molar-refractivity contribution >= 4 is 50.2 Å². The van der Waals surface area contributed by atoms with E-state index in [1.165, 1.54) is 11.3 Å². The Morgan fingerprint density at radius 3 is 2.54 bits per heavy atom. The van der Waals surface area contributed by atoms with Crippen LogP contribution in [0.4, 0.5) is 5.13 Å². The van der Waals surface area contributed by atoms with Gasteiger partial charge in [0, 0.05) is 29.4 Å². The average molecular weight is 559 g/mol. The molecule has 2 aromatic carbocycles. The summed E-state index contributed by atoms with van der Waals surface area (Å²) < 4.78 is 5.86. The molecule has 1 atom stereocenters. The summed E-state index contributed by atoms with van der Waals surface area (Å²) in [6.07, 6.45) is 0.0954. The van der Waals surface area contributed by atoms with Crippen molar-refractivity contribution in [3.63, 3.8) is 0 Å². The van der Waals surface area contributed by atoms with Gasteiger partial charge in [-0.3, -0.25) is 14.4 Å². The third kappa shape index (κ3) is 7.97. The topological polar surface area (TPSA) is 101 Å². The largest absolute Gasteiger partial charge is 0.466 e. The summed E-state index contributed by atoms with van der Waals surface area (Å²) in [6, 6.07) is 17.0. The maximum atomic E-state index is 13.0. The molecule has 0 aliphatic heterocycles. The number of hydrogen-bond donors (Lipinski definition) is 1. The van der Waals surface area contributed by atoms with Crippen molar-refractivity contribution in [2.45, 2.75) is 39.2 Å². The van der Waals surface area contributed by atoms with Crippen LogP contribution in [0.5, 0.6) is 0 Å². The second-order valence-electron chi connectivity index (χ2n) is 7.70. The zero-order chi connectivity index (χ0) is 25.2. The summed E-state index contributed by atoms with van der Waals surface area (Å²) in [5, 5.41) is 12.1. The number of halogens is 1.